The number of halogens is 1. The van der Waals surface area contributed by atoms with Crippen molar-refractivity contribution in [1.29, 1.82) is 0 Å². The Balaban J connectivity index is 1.78. The molecule has 0 aromatic heterocycles. The summed E-state index contributed by atoms with van der Waals surface area (Å²) in [6, 6.07) is 15.0. The van der Waals surface area contributed by atoms with Crippen LogP contribution in [0.5, 0.6) is 0 Å². The van der Waals surface area contributed by atoms with Crippen LogP contribution in [0.4, 0.5) is 5.69 Å². The molecule has 2 aromatic rings. The number of likely N-dealkylation sites (N-methyl/N-ethyl adjacent to an activating group) is 1. The van der Waals surface area contributed by atoms with Crippen molar-refractivity contribution in [3.8, 4) is 0 Å². The van der Waals surface area contributed by atoms with Crippen molar-refractivity contribution in [1.82, 2.24) is 10.2 Å². The van der Waals surface area contributed by atoms with E-state index in [1.54, 1.807) is 7.05 Å². The molecular weight excluding hydrogens is 350 g/mol. The summed E-state index contributed by atoms with van der Waals surface area (Å²) in [5, 5.41) is 6.62. The number of aryl methyl sites for hydroxylation is 1. The zero-order valence-corrected chi connectivity index (χ0v) is 16.0. The molecule has 0 aliphatic carbocycles. The minimum atomic E-state index is -0.226. The SMILES string of the molecule is Cc1ccc(NC(=O)CN(C)C(=O)CN[C@H](C)c2ccc(Cl)cc2)cc1. The van der Waals surface area contributed by atoms with Gasteiger partial charge in [-0.3, -0.25) is 9.59 Å². The largest absolute Gasteiger partial charge is 0.335 e. The second-order valence-corrected chi connectivity index (χ2v) is 6.75. The molecule has 0 heterocycles. The maximum atomic E-state index is 12.2. The van der Waals surface area contributed by atoms with Gasteiger partial charge in [0.05, 0.1) is 13.1 Å². The zero-order valence-electron chi connectivity index (χ0n) is 15.3. The van der Waals surface area contributed by atoms with Crippen molar-refractivity contribution in [3.05, 3.63) is 64.7 Å². The van der Waals surface area contributed by atoms with Crippen molar-refractivity contribution in [2.24, 2.45) is 0 Å². The number of carbonyl (C=O) groups is 2. The summed E-state index contributed by atoms with van der Waals surface area (Å²) in [6.45, 7) is 4.11. The highest BCUT2D eigenvalue weighted by Gasteiger charge is 2.14. The Morgan fingerprint density at radius 1 is 1.08 bits per heavy atom. The Morgan fingerprint density at radius 2 is 1.69 bits per heavy atom. The second kappa shape index (κ2) is 9.36. The lowest BCUT2D eigenvalue weighted by Gasteiger charge is -2.19. The van der Waals surface area contributed by atoms with Gasteiger partial charge in [0.25, 0.3) is 0 Å². The van der Waals surface area contributed by atoms with Crippen LogP contribution in [0.2, 0.25) is 5.02 Å². The van der Waals surface area contributed by atoms with Crippen LogP contribution in [0.15, 0.2) is 48.5 Å². The molecule has 26 heavy (non-hydrogen) atoms. The molecule has 0 unspecified atom stereocenters. The molecule has 0 radical (unpaired) electrons. The minimum Gasteiger partial charge on any atom is -0.335 e. The lowest BCUT2D eigenvalue weighted by Crippen LogP contribution is -2.40. The van der Waals surface area contributed by atoms with Crippen LogP contribution in [0.1, 0.15) is 24.1 Å². The summed E-state index contributed by atoms with van der Waals surface area (Å²) < 4.78 is 0. The molecule has 1 atom stereocenters. The molecule has 0 fully saturated rings. The Hall–Kier alpha value is -2.37. The van der Waals surface area contributed by atoms with Crippen LogP contribution in [0.3, 0.4) is 0 Å². The molecule has 5 nitrogen and oxygen atoms in total. The highest BCUT2D eigenvalue weighted by molar-refractivity contribution is 6.30. The second-order valence-electron chi connectivity index (χ2n) is 6.32. The zero-order chi connectivity index (χ0) is 19.1. The van der Waals surface area contributed by atoms with Crippen molar-refractivity contribution >= 4 is 29.1 Å². The summed E-state index contributed by atoms with van der Waals surface area (Å²) in [7, 11) is 1.62. The fraction of sp³-hybridized carbons (Fsp3) is 0.300. The number of benzene rings is 2. The molecule has 0 saturated heterocycles. The first kappa shape index (κ1) is 19.9. The van der Waals surface area contributed by atoms with Gasteiger partial charge in [0, 0.05) is 23.8 Å². The molecule has 2 amide bonds. The number of anilines is 1. The molecule has 2 rings (SSSR count). The summed E-state index contributed by atoms with van der Waals surface area (Å²) >= 11 is 5.88. The average Bonchev–Trinajstić information content (AvgIpc) is 2.61. The van der Waals surface area contributed by atoms with E-state index in [0.717, 1.165) is 16.8 Å². The molecular formula is C20H24ClN3O2. The van der Waals surface area contributed by atoms with Gasteiger partial charge in [-0.15, -0.1) is 0 Å². The maximum absolute atomic E-state index is 12.2. The highest BCUT2D eigenvalue weighted by atomic mass is 35.5. The first-order valence-corrected chi connectivity index (χ1v) is 8.82. The van der Waals surface area contributed by atoms with Crippen molar-refractivity contribution in [2.45, 2.75) is 19.9 Å². The molecule has 0 spiro atoms. The number of nitrogens with zero attached hydrogens (tertiary/aromatic N) is 1. The van der Waals surface area contributed by atoms with E-state index in [-0.39, 0.29) is 30.9 Å². The molecule has 2 N–H and O–H groups in total. The third kappa shape index (κ3) is 6.17. The van der Waals surface area contributed by atoms with Crippen molar-refractivity contribution in [3.63, 3.8) is 0 Å². The van der Waals surface area contributed by atoms with Gasteiger partial charge in [-0.1, -0.05) is 41.4 Å². The molecule has 0 aliphatic rings. The Bertz CT molecular complexity index is 745. The fourth-order valence-corrected chi connectivity index (χ4v) is 2.51. The van der Waals surface area contributed by atoms with Crippen LogP contribution < -0.4 is 10.6 Å². The van der Waals surface area contributed by atoms with Gasteiger partial charge in [0.2, 0.25) is 11.8 Å². The summed E-state index contributed by atoms with van der Waals surface area (Å²) in [5.74, 6) is -0.375. The number of carbonyl (C=O) groups excluding carboxylic acids is 2. The molecule has 2 aromatic carbocycles. The van der Waals surface area contributed by atoms with Crippen LogP contribution in [0, 0.1) is 6.92 Å². The third-order valence-electron chi connectivity index (χ3n) is 4.07. The number of rotatable bonds is 7. The fourth-order valence-electron chi connectivity index (χ4n) is 2.39. The van der Waals surface area contributed by atoms with E-state index in [9.17, 15) is 9.59 Å². The van der Waals surface area contributed by atoms with Gasteiger partial charge in [0.1, 0.15) is 0 Å². The van der Waals surface area contributed by atoms with Crippen molar-refractivity contribution in [2.75, 3.05) is 25.5 Å². The van der Waals surface area contributed by atoms with E-state index in [4.69, 9.17) is 11.6 Å². The first-order chi connectivity index (χ1) is 12.3. The highest BCUT2D eigenvalue weighted by Crippen LogP contribution is 2.15. The van der Waals surface area contributed by atoms with Crippen LogP contribution in [0.25, 0.3) is 0 Å². The quantitative estimate of drug-likeness (QED) is 0.782. The van der Waals surface area contributed by atoms with E-state index >= 15 is 0 Å². The maximum Gasteiger partial charge on any atom is 0.243 e. The van der Waals surface area contributed by atoms with Crippen LogP contribution in [-0.2, 0) is 9.59 Å². The Labute approximate surface area is 159 Å². The lowest BCUT2D eigenvalue weighted by molar-refractivity contribution is -0.132. The molecule has 6 heteroatoms. The minimum absolute atomic E-state index is 0.00369. The summed E-state index contributed by atoms with van der Waals surface area (Å²) in [4.78, 5) is 25.7. The topological polar surface area (TPSA) is 61.4 Å². The van der Waals surface area contributed by atoms with E-state index in [1.165, 1.54) is 4.90 Å². The van der Waals surface area contributed by atoms with Gasteiger partial charge in [0.15, 0.2) is 0 Å². The first-order valence-electron chi connectivity index (χ1n) is 8.44. The van der Waals surface area contributed by atoms with E-state index in [2.05, 4.69) is 10.6 Å². The number of hydrogen-bond donors (Lipinski definition) is 2. The number of hydrogen-bond acceptors (Lipinski definition) is 3. The summed E-state index contributed by atoms with van der Waals surface area (Å²) in [6.07, 6.45) is 0. The van der Waals surface area contributed by atoms with Crippen molar-refractivity contribution < 1.29 is 9.59 Å². The number of nitrogens with one attached hydrogen (secondary N) is 2. The van der Waals surface area contributed by atoms with Gasteiger partial charge in [-0.25, -0.2) is 0 Å². The monoisotopic (exact) mass is 373 g/mol. The molecule has 0 bridgehead atoms. The summed E-state index contributed by atoms with van der Waals surface area (Å²) in [5.41, 5.74) is 2.88. The van der Waals surface area contributed by atoms with Crippen LogP contribution >= 0.6 is 11.6 Å². The molecule has 0 saturated carbocycles. The molecule has 138 valence electrons. The van der Waals surface area contributed by atoms with Gasteiger partial charge in [-0.2, -0.15) is 0 Å². The lowest BCUT2D eigenvalue weighted by atomic mass is 10.1. The van der Waals surface area contributed by atoms with E-state index in [1.807, 2.05) is 62.4 Å². The predicted molar refractivity (Wildman–Crippen MR) is 105 cm³/mol. The Kier molecular flexibility index (Phi) is 7.18. The number of amides is 2. The normalized spacial score (nSPS) is 11.7. The Morgan fingerprint density at radius 3 is 2.31 bits per heavy atom. The predicted octanol–water partition coefficient (Wildman–Crippen LogP) is 3.40. The molecule has 0 aliphatic heterocycles. The van der Waals surface area contributed by atoms with Gasteiger partial charge in [-0.05, 0) is 43.7 Å². The van der Waals surface area contributed by atoms with Crippen LogP contribution in [-0.4, -0.2) is 36.9 Å². The third-order valence-corrected chi connectivity index (χ3v) is 4.32. The average molecular weight is 374 g/mol. The van der Waals surface area contributed by atoms with E-state index in [0.29, 0.717) is 5.02 Å². The van der Waals surface area contributed by atoms with Gasteiger partial charge >= 0.3 is 0 Å². The van der Waals surface area contributed by atoms with Gasteiger partial charge < -0.3 is 15.5 Å². The van der Waals surface area contributed by atoms with E-state index < -0.39 is 0 Å². The smallest absolute Gasteiger partial charge is 0.243 e. The standard InChI is InChI=1S/C20H24ClN3O2/c1-14-4-10-18(11-5-14)23-19(25)13-24(3)20(26)12-22-15(2)16-6-8-17(21)9-7-16/h4-11,15,22H,12-13H2,1-3H3,(H,23,25)/t15-/m1/s1.